The summed E-state index contributed by atoms with van der Waals surface area (Å²) in [6, 6.07) is 7.60. The first-order chi connectivity index (χ1) is 9.74. The van der Waals surface area contributed by atoms with Crippen LogP contribution in [0.2, 0.25) is 0 Å². The number of nitrogens with zero attached hydrogens (tertiary/aromatic N) is 1. The Morgan fingerprint density at radius 2 is 1.75 bits per heavy atom. The average molecular weight is 280 g/mol. The first-order valence-corrected chi connectivity index (χ1v) is 6.79. The van der Waals surface area contributed by atoms with Crippen LogP contribution in [0.15, 0.2) is 24.3 Å². The Kier molecular flexibility index (Phi) is 7.87. The van der Waals surface area contributed by atoms with E-state index in [2.05, 4.69) is 0 Å². The minimum Gasteiger partial charge on any atom is -0.383 e. The fourth-order valence-corrected chi connectivity index (χ4v) is 1.99. The van der Waals surface area contributed by atoms with E-state index >= 15 is 0 Å². The van der Waals surface area contributed by atoms with E-state index in [0.29, 0.717) is 44.8 Å². The molecule has 1 amide bonds. The number of amides is 1. The van der Waals surface area contributed by atoms with Gasteiger partial charge in [0.1, 0.15) is 0 Å². The van der Waals surface area contributed by atoms with Crippen molar-refractivity contribution >= 4 is 5.91 Å². The van der Waals surface area contributed by atoms with E-state index in [4.69, 9.17) is 15.2 Å². The molecule has 2 N–H and O–H groups in total. The zero-order chi connectivity index (χ0) is 14.8. The van der Waals surface area contributed by atoms with Gasteiger partial charge in [-0.15, -0.1) is 0 Å². The predicted octanol–water partition coefficient (Wildman–Crippen LogP) is 0.923. The molecule has 5 nitrogen and oxygen atoms in total. The number of methoxy groups -OCH3 is 2. The lowest BCUT2D eigenvalue weighted by Crippen LogP contribution is -2.37. The Balaban J connectivity index is 2.86. The molecule has 112 valence electrons. The van der Waals surface area contributed by atoms with Crippen molar-refractivity contribution in [2.75, 3.05) is 47.1 Å². The lowest BCUT2D eigenvalue weighted by Gasteiger charge is -2.23. The van der Waals surface area contributed by atoms with Gasteiger partial charge in [-0.1, -0.05) is 18.2 Å². The summed E-state index contributed by atoms with van der Waals surface area (Å²) in [6.07, 6.45) is 0.699. The summed E-state index contributed by atoms with van der Waals surface area (Å²) in [5.41, 5.74) is 7.30. The van der Waals surface area contributed by atoms with Gasteiger partial charge in [-0.2, -0.15) is 0 Å². The highest BCUT2D eigenvalue weighted by Gasteiger charge is 2.17. The molecule has 0 atom stereocenters. The first-order valence-electron chi connectivity index (χ1n) is 6.79. The lowest BCUT2D eigenvalue weighted by atomic mass is 10.0. The molecule has 1 aromatic rings. The molecule has 1 rings (SSSR count). The summed E-state index contributed by atoms with van der Waals surface area (Å²) in [4.78, 5) is 14.4. The number of carbonyl (C=O) groups excluding carboxylic acids is 1. The summed E-state index contributed by atoms with van der Waals surface area (Å²) in [6.45, 7) is 2.65. The van der Waals surface area contributed by atoms with Gasteiger partial charge in [0.05, 0.1) is 13.2 Å². The second-order valence-corrected chi connectivity index (χ2v) is 4.47. The lowest BCUT2D eigenvalue weighted by molar-refractivity contribution is 0.0626. The SMILES string of the molecule is COCCN(CCOC)C(=O)c1ccccc1CCN. The van der Waals surface area contributed by atoms with Crippen LogP contribution >= 0.6 is 0 Å². The molecule has 0 saturated heterocycles. The fraction of sp³-hybridized carbons (Fsp3) is 0.533. The topological polar surface area (TPSA) is 64.8 Å². The van der Waals surface area contributed by atoms with Gasteiger partial charge in [0, 0.05) is 32.9 Å². The van der Waals surface area contributed by atoms with Crippen LogP contribution in [0.25, 0.3) is 0 Å². The van der Waals surface area contributed by atoms with E-state index in [-0.39, 0.29) is 5.91 Å². The number of rotatable bonds is 9. The van der Waals surface area contributed by atoms with Gasteiger partial charge < -0.3 is 20.1 Å². The summed E-state index contributed by atoms with van der Waals surface area (Å²) < 4.78 is 10.1. The van der Waals surface area contributed by atoms with E-state index < -0.39 is 0 Å². The standard InChI is InChI=1S/C15H24N2O3/c1-19-11-9-17(10-12-20-2)15(18)14-6-4-3-5-13(14)7-8-16/h3-6H,7-12,16H2,1-2H3. The minimum atomic E-state index is 0.00292. The Bertz CT molecular complexity index is 402. The van der Waals surface area contributed by atoms with Crippen molar-refractivity contribution in [3.8, 4) is 0 Å². The van der Waals surface area contributed by atoms with Crippen LogP contribution in [0.4, 0.5) is 0 Å². The molecule has 1 aromatic carbocycles. The quantitative estimate of drug-likeness (QED) is 0.730. The van der Waals surface area contributed by atoms with Gasteiger partial charge in [-0.05, 0) is 24.6 Å². The fourth-order valence-electron chi connectivity index (χ4n) is 1.99. The molecule has 0 radical (unpaired) electrons. The average Bonchev–Trinajstić information content (AvgIpc) is 2.48. The highest BCUT2D eigenvalue weighted by atomic mass is 16.5. The van der Waals surface area contributed by atoms with Crippen LogP contribution < -0.4 is 5.73 Å². The molecule has 0 fully saturated rings. The molecule has 0 aliphatic carbocycles. The van der Waals surface area contributed by atoms with Gasteiger partial charge in [0.2, 0.25) is 0 Å². The van der Waals surface area contributed by atoms with Crippen LogP contribution in [0.5, 0.6) is 0 Å². The molecule has 0 aliphatic rings. The Hall–Kier alpha value is -1.43. The minimum absolute atomic E-state index is 0.00292. The molecule has 0 aliphatic heterocycles. The zero-order valence-electron chi connectivity index (χ0n) is 12.3. The second-order valence-electron chi connectivity index (χ2n) is 4.47. The van der Waals surface area contributed by atoms with E-state index in [1.54, 1.807) is 19.1 Å². The Morgan fingerprint density at radius 1 is 1.15 bits per heavy atom. The highest BCUT2D eigenvalue weighted by molar-refractivity contribution is 5.95. The Labute approximate surface area is 120 Å². The van der Waals surface area contributed by atoms with Gasteiger partial charge in [-0.25, -0.2) is 0 Å². The van der Waals surface area contributed by atoms with E-state index in [9.17, 15) is 4.79 Å². The smallest absolute Gasteiger partial charge is 0.254 e. The molecular weight excluding hydrogens is 256 g/mol. The van der Waals surface area contributed by atoms with E-state index in [1.807, 2.05) is 24.3 Å². The molecule has 20 heavy (non-hydrogen) atoms. The predicted molar refractivity (Wildman–Crippen MR) is 78.9 cm³/mol. The summed E-state index contributed by atoms with van der Waals surface area (Å²) in [7, 11) is 3.25. The third-order valence-corrected chi connectivity index (χ3v) is 3.08. The second kappa shape index (κ2) is 9.47. The number of carbonyl (C=O) groups is 1. The van der Waals surface area contributed by atoms with Crippen molar-refractivity contribution in [1.29, 1.82) is 0 Å². The molecule has 0 aromatic heterocycles. The van der Waals surface area contributed by atoms with Gasteiger partial charge >= 0.3 is 0 Å². The molecule has 0 bridgehead atoms. The molecule has 0 spiro atoms. The van der Waals surface area contributed by atoms with Crippen molar-refractivity contribution in [3.63, 3.8) is 0 Å². The number of nitrogens with two attached hydrogens (primary N) is 1. The normalized spacial score (nSPS) is 10.6. The summed E-state index contributed by atoms with van der Waals surface area (Å²) >= 11 is 0. The van der Waals surface area contributed by atoms with Crippen LogP contribution in [0, 0.1) is 0 Å². The van der Waals surface area contributed by atoms with Crippen LogP contribution in [0.1, 0.15) is 15.9 Å². The molecule has 0 heterocycles. The van der Waals surface area contributed by atoms with Crippen molar-refractivity contribution in [1.82, 2.24) is 4.90 Å². The summed E-state index contributed by atoms with van der Waals surface area (Å²) in [5.74, 6) is 0.00292. The molecule has 0 saturated carbocycles. The monoisotopic (exact) mass is 280 g/mol. The third kappa shape index (κ3) is 4.92. The van der Waals surface area contributed by atoms with Crippen LogP contribution in [0.3, 0.4) is 0 Å². The van der Waals surface area contributed by atoms with Gasteiger partial charge in [0.25, 0.3) is 5.91 Å². The first kappa shape index (κ1) is 16.6. The maximum atomic E-state index is 12.6. The van der Waals surface area contributed by atoms with Crippen molar-refractivity contribution in [3.05, 3.63) is 35.4 Å². The van der Waals surface area contributed by atoms with E-state index in [1.165, 1.54) is 0 Å². The number of ether oxygens (including phenoxy) is 2. The van der Waals surface area contributed by atoms with Crippen molar-refractivity contribution in [2.45, 2.75) is 6.42 Å². The molecule has 5 heteroatoms. The number of benzene rings is 1. The maximum Gasteiger partial charge on any atom is 0.254 e. The van der Waals surface area contributed by atoms with Gasteiger partial charge in [-0.3, -0.25) is 4.79 Å². The third-order valence-electron chi connectivity index (χ3n) is 3.08. The maximum absolute atomic E-state index is 12.6. The number of hydrogen-bond donors (Lipinski definition) is 1. The Morgan fingerprint density at radius 3 is 2.30 bits per heavy atom. The van der Waals surface area contributed by atoms with Crippen molar-refractivity contribution < 1.29 is 14.3 Å². The molecular formula is C15H24N2O3. The van der Waals surface area contributed by atoms with Crippen LogP contribution in [-0.4, -0.2) is 57.9 Å². The van der Waals surface area contributed by atoms with Crippen molar-refractivity contribution in [2.24, 2.45) is 5.73 Å². The molecule has 0 unspecified atom stereocenters. The van der Waals surface area contributed by atoms with Crippen LogP contribution in [-0.2, 0) is 15.9 Å². The highest BCUT2D eigenvalue weighted by Crippen LogP contribution is 2.12. The largest absolute Gasteiger partial charge is 0.383 e. The van der Waals surface area contributed by atoms with Gasteiger partial charge in [0.15, 0.2) is 0 Å². The summed E-state index contributed by atoms with van der Waals surface area (Å²) in [5, 5.41) is 0. The zero-order valence-corrected chi connectivity index (χ0v) is 12.3. The van der Waals surface area contributed by atoms with E-state index in [0.717, 1.165) is 5.56 Å². The number of hydrogen-bond acceptors (Lipinski definition) is 4.